The van der Waals surface area contributed by atoms with Crippen LogP contribution in [0.1, 0.15) is 12.8 Å². The van der Waals surface area contributed by atoms with Gasteiger partial charge in [0, 0.05) is 13.6 Å². The summed E-state index contributed by atoms with van der Waals surface area (Å²) in [6.07, 6.45) is 2.45. The largest absolute Gasteiger partial charge is 0.359 e. The zero-order chi connectivity index (χ0) is 12.4. The number of nitrogens with one attached hydrogen (secondary N) is 1. The number of hydrogen-bond donors (Lipinski definition) is 2. The predicted octanol–water partition coefficient (Wildman–Crippen LogP) is 1.12. The van der Waals surface area contributed by atoms with E-state index in [4.69, 9.17) is 5.84 Å². The Morgan fingerprint density at radius 1 is 1.65 bits per heavy atom. The third-order valence-electron chi connectivity index (χ3n) is 2.78. The number of hydrazine groups is 1. The van der Waals surface area contributed by atoms with Crippen LogP contribution >= 0.6 is 0 Å². The molecule has 17 heavy (non-hydrogen) atoms. The molecule has 3 N–H and O–H groups in total. The fraction of sp³-hybridized carbons (Fsp3) is 0.500. The molecule has 7 heteroatoms. The molecule has 0 amide bonds. The van der Waals surface area contributed by atoms with E-state index in [2.05, 4.69) is 10.4 Å². The summed E-state index contributed by atoms with van der Waals surface area (Å²) in [7, 11) is 1.88. The van der Waals surface area contributed by atoms with E-state index < -0.39 is 4.92 Å². The van der Waals surface area contributed by atoms with Gasteiger partial charge in [0.15, 0.2) is 0 Å². The minimum atomic E-state index is -0.447. The molecule has 1 heterocycles. The van der Waals surface area contributed by atoms with Crippen molar-refractivity contribution in [3.8, 4) is 0 Å². The van der Waals surface area contributed by atoms with Crippen LogP contribution in [0.4, 0.5) is 17.3 Å². The van der Waals surface area contributed by atoms with Crippen molar-refractivity contribution in [1.82, 2.24) is 4.98 Å². The molecule has 0 radical (unpaired) electrons. The van der Waals surface area contributed by atoms with Crippen molar-refractivity contribution in [3.63, 3.8) is 0 Å². The van der Waals surface area contributed by atoms with E-state index in [1.54, 1.807) is 0 Å². The lowest BCUT2D eigenvalue weighted by Gasteiger charge is -2.18. The highest BCUT2D eigenvalue weighted by Gasteiger charge is 2.24. The molecule has 1 fully saturated rings. The quantitative estimate of drug-likeness (QED) is 0.452. The average molecular weight is 237 g/mol. The predicted molar refractivity (Wildman–Crippen MR) is 64.7 cm³/mol. The molecule has 0 spiro atoms. The van der Waals surface area contributed by atoms with Gasteiger partial charge in [-0.2, -0.15) is 0 Å². The van der Waals surface area contributed by atoms with Gasteiger partial charge in [-0.1, -0.05) is 0 Å². The average Bonchev–Trinajstić information content (AvgIpc) is 3.12. The monoisotopic (exact) mass is 237 g/mol. The van der Waals surface area contributed by atoms with Crippen LogP contribution in [0, 0.1) is 16.0 Å². The van der Waals surface area contributed by atoms with E-state index in [0.29, 0.717) is 17.6 Å². The molecule has 0 aromatic carbocycles. The number of anilines is 2. The molecule has 1 aromatic rings. The van der Waals surface area contributed by atoms with Crippen LogP contribution in [0.25, 0.3) is 0 Å². The molecule has 0 saturated heterocycles. The Morgan fingerprint density at radius 3 is 2.88 bits per heavy atom. The second-order valence-corrected chi connectivity index (χ2v) is 4.29. The second-order valence-electron chi connectivity index (χ2n) is 4.29. The maximum Gasteiger partial charge on any atom is 0.276 e. The molecule has 0 atom stereocenters. The molecule has 1 aromatic heterocycles. The summed E-state index contributed by atoms with van der Waals surface area (Å²) in [5.74, 6) is 6.81. The molecule has 1 saturated carbocycles. The zero-order valence-corrected chi connectivity index (χ0v) is 9.59. The van der Waals surface area contributed by atoms with Crippen LogP contribution in [0.3, 0.4) is 0 Å². The fourth-order valence-corrected chi connectivity index (χ4v) is 1.66. The van der Waals surface area contributed by atoms with Gasteiger partial charge in [-0.25, -0.2) is 10.8 Å². The van der Waals surface area contributed by atoms with Crippen molar-refractivity contribution in [1.29, 1.82) is 0 Å². The van der Waals surface area contributed by atoms with Crippen molar-refractivity contribution >= 4 is 17.3 Å². The molecule has 0 aliphatic heterocycles. The Hall–Kier alpha value is -1.89. The number of hydrogen-bond acceptors (Lipinski definition) is 6. The van der Waals surface area contributed by atoms with Gasteiger partial charge in [-0.3, -0.25) is 10.1 Å². The lowest BCUT2D eigenvalue weighted by molar-refractivity contribution is -0.384. The standard InChI is InChI=1S/C10H15N5O2/c1-14(6-7-2-3-7)10-5-8(15(16)17)4-9(12-10)13-11/h4-5,7H,2-3,6,11H2,1H3,(H,12,13). The van der Waals surface area contributed by atoms with Crippen molar-refractivity contribution in [2.24, 2.45) is 11.8 Å². The SMILES string of the molecule is CN(CC1CC1)c1cc([N+](=O)[O-])cc(NN)n1. The highest BCUT2D eigenvalue weighted by Crippen LogP contribution is 2.31. The first-order chi connectivity index (χ1) is 8.10. The van der Waals surface area contributed by atoms with Gasteiger partial charge < -0.3 is 10.3 Å². The first-order valence-corrected chi connectivity index (χ1v) is 5.44. The Kier molecular flexibility index (Phi) is 3.10. The summed E-state index contributed by atoms with van der Waals surface area (Å²) in [4.78, 5) is 16.4. The van der Waals surface area contributed by atoms with E-state index >= 15 is 0 Å². The van der Waals surface area contributed by atoms with Crippen LogP contribution in [0.2, 0.25) is 0 Å². The van der Waals surface area contributed by atoms with Gasteiger partial charge in [-0.05, 0) is 18.8 Å². The van der Waals surface area contributed by atoms with Gasteiger partial charge in [0.05, 0.1) is 17.1 Å². The van der Waals surface area contributed by atoms with E-state index in [9.17, 15) is 10.1 Å². The summed E-state index contributed by atoms with van der Waals surface area (Å²) in [6.45, 7) is 0.873. The zero-order valence-electron chi connectivity index (χ0n) is 9.59. The number of nitrogen functional groups attached to an aromatic ring is 1. The Bertz CT molecular complexity index is 433. The number of nitro groups is 1. The summed E-state index contributed by atoms with van der Waals surface area (Å²) in [6, 6.07) is 2.78. The van der Waals surface area contributed by atoms with Gasteiger partial charge in [0.1, 0.15) is 11.6 Å². The lowest BCUT2D eigenvalue weighted by atomic mass is 10.3. The Labute approximate surface area is 98.7 Å². The maximum absolute atomic E-state index is 10.8. The van der Waals surface area contributed by atoms with Crippen LogP contribution in [-0.4, -0.2) is 23.5 Å². The normalized spacial score (nSPS) is 14.5. The third kappa shape index (κ3) is 2.82. The molecular weight excluding hydrogens is 222 g/mol. The number of pyridine rings is 1. The first kappa shape index (κ1) is 11.6. The molecule has 7 nitrogen and oxygen atoms in total. The van der Waals surface area contributed by atoms with Crippen molar-refractivity contribution in [3.05, 3.63) is 22.2 Å². The molecule has 0 unspecified atom stereocenters. The highest BCUT2D eigenvalue weighted by molar-refractivity contribution is 5.55. The lowest BCUT2D eigenvalue weighted by Crippen LogP contribution is -2.22. The van der Waals surface area contributed by atoms with E-state index in [0.717, 1.165) is 6.54 Å². The number of nitrogens with zero attached hydrogens (tertiary/aromatic N) is 3. The van der Waals surface area contributed by atoms with Gasteiger partial charge in [0.2, 0.25) is 0 Å². The smallest absolute Gasteiger partial charge is 0.276 e. The second kappa shape index (κ2) is 4.54. The molecule has 92 valence electrons. The molecule has 1 aliphatic rings. The minimum absolute atomic E-state index is 0.00871. The van der Waals surface area contributed by atoms with Crippen molar-refractivity contribution in [2.75, 3.05) is 23.9 Å². The fourth-order valence-electron chi connectivity index (χ4n) is 1.66. The van der Waals surface area contributed by atoms with E-state index in [-0.39, 0.29) is 5.69 Å². The molecular formula is C10H15N5O2. The number of nitrogens with two attached hydrogens (primary N) is 1. The van der Waals surface area contributed by atoms with E-state index in [1.165, 1.54) is 25.0 Å². The number of aromatic nitrogens is 1. The summed E-state index contributed by atoms with van der Waals surface area (Å²) < 4.78 is 0. The first-order valence-electron chi connectivity index (χ1n) is 5.44. The van der Waals surface area contributed by atoms with Crippen molar-refractivity contribution < 1.29 is 4.92 Å². The topological polar surface area (TPSA) is 97.3 Å². The van der Waals surface area contributed by atoms with Gasteiger partial charge in [0.25, 0.3) is 5.69 Å². The van der Waals surface area contributed by atoms with Crippen LogP contribution < -0.4 is 16.2 Å². The maximum atomic E-state index is 10.8. The van der Waals surface area contributed by atoms with E-state index in [1.807, 2.05) is 11.9 Å². The summed E-state index contributed by atoms with van der Waals surface area (Å²) in [5.41, 5.74) is 2.34. The van der Waals surface area contributed by atoms with Crippen molar-refractivity contribution in [2.45, 2.75) is 12.8 Å². The minimum Gasteiger partial charge on any atom is -0.359 e. The number of rotatable bonds is 5. The summed E-state index contributed by atoms with van der Waals surface area (Å²) >= 11 is 0. The van der Waals surface area contributed by atoms with Crippen LogP contribution in [-0.2, 0) is 0 Å². The Balaban J connectivity index is 2.24. The molecule has 1 aliphatic carbocycles. The molecule has 2 rings (SSSR count). The van der Waals surface area contributed by atoms with Crippen LogP contribution in [0.15, 0.2) is 12.1 Å². The highest BCUT2D eigenvalue weighted by atomic mass is 16.6. The van der Waals surface area contributed by atoms with Crippen LogP contribution in [0.5, 0.6) is 0 Å². The molecule has 0 bridgehead atoms. The third-order valence-corrected chi connectivity index (χ3v) is 2.78. The summed E-state index contributed by atoms with van der Waals surface area (Å²) in [5, 5.41) is 10.8. The Morgan fingerprint density at radius 2 is 2.35 bits per heavy atom. The van der Waals surface area contributed by atoms with Gasteiger partial charge >= 0.3 is 0 Å². The van der Waals surface area contributed by atoms with Gasteiger partial charge in [-0.15, -0.1) is 0 Å².